The highest BCUT2D eigenvalue weighted by Crippen LogP contribution is 2.24. The quantitative estimate of drug-likeness (QED) is 0.384. The van der Waals surface area contributed by atoms with Gasteiger partial charge < -0.3 is 4.90 Å². The number of thioether (sulfide) groups is 1. The summed E-state index contributed by atoms with van der Waals surface area (Å²) in [7, 11) is 0. The van der Waals surface area contributed by atoms with Crippen LogP contribution < -0.4 is 10.9 Å². The van der Waals surface area contributed by atoms with Crippen LogP contribution in [0, 0.1) is 25.2 Å². The molecule has 1 saturated heterocycles. The first kappa shape index (κ1) is 25.7. The number of aryl methyl sites for hydroxylation is 2. The smallest absolute Gasteiger partial charge is 0.269 e. The van der Waals surface area contributed by atoms with Gasteiger partial charge in [0.15, 0.2) is 5.16 Å². The molecule has 1 aliphatic rings. The summed E-state index contributed by atoms with van der Waals surface area (Å²) in [5.41, 5.74) is 7.90. The number of hydrazine groups is 1. The summed E-state index contributed by atoms with van der Waals surface area (Å²) in [5.74, 6) is -0.277. The molecule has 0 saturated carbocycles. The summed E-state index contributed by atoms with van der Waals surface area (Å²) in [6.07, 6.45) is 1.45. The van der Waals surface area contributed by atoms with Crippen molar-refractivity contribution in [3.8, 4) is 0 Å². The number of piperidine rings is 1. The lowest BCUT2D eigenvalue weighted by atomic mass is 9.91. The largest absolute Gasteiger partial charge is 0.341 e. The summed E-state index contributed by atoms with van der Waals surface area (Å²) in [5, 5.41) is 0.729. The van der Waals surface area contributed by atoms with E-state index in [9.17, 15) is 14.4 Å². The number of nitrogens with zero attached hydrogens (tertiary/aromatic N) is 3. The molecule has 34 heavy (non-hydrogen) atoms. The molecule has 0 aliphatic carbocycles. The highest BCUT2D eigenvalue weighted by Gasteiger charge is 2.33. The van der Waals surface area contributed by atoms with Crippen LogP contribution in [0.4, 0.5) is 0 Å². The molecule has 1 aromatic heterocycles. The van der Waals surface area contributed by atoms with Gasteiger partial charge in [-0.3, -0.25) is 25.2 Å². The molecule has 1 aromatic carbocycles. The lowest BCUT2D eigenvalue weighted by Crippen LogP contribution is -2.51. The Hall–Kier alpha value is -2.94. The number of benzene rings is 1. The standard InChI is InChI=1S/C25H33N5O3S/c1-16-13-17(2)27-24(26-16)34-15-18-8-10-19(11-9-18)21(31)28-29-22(32)20-7-6-12-30(14-20)23(33)25(3,4)5/h8-11,13,20H,6-7,12,14-15H2,1-5H3,(H,28,31)(H,29,32). The first-order valence-electron chi connectivity index (χ1n) is 11.5. The van der Waals surface area contributed by atoms with Gasteiger partial charge in [0.2, 0.25) is 11.8 Å². The van der Waals surface area contributed by atoms with Crippen LogP contribution in [0.5, 0.6) is 0 Å². The van der Waals surface area contributed by atoms with Crippen molar-refractivity contribution < 1.29 is 14.4 Å². The Labute approximate surface area is 205 Å². The number of rotatable bonds is 5. The number of likely N-dealkylation sites (tertiary alicyclic amines) is 1. The van der Waals surface area contributed by atoms with Crippen LogP contribution in [-0.4, -0.2) is 45.7 Å². The van der Waals surface area contributed by atoms with Crippen molar-refractivity contribution >= 4 is 29.5 Å². The van der Waals surface area contributed by atoms with E-state index in [1.54, 1.807) is 28.8 Å². The van der Waals surface area contributed by atoms with E-state index in [1.807, 2.05) is 52.8 Å². The van der Waals surface area contributed by atoms with Gasteiger partial charge in [-0.2, -0.15) is 0 Å². The van der Waals surface area contributed by atoms with Crippen molar-refractivity contribution in [2.75, 3.05) is 13.1 Å². The highest BCUT2D eigenvalue weighted by atomic mass is 32.2. The number of amides is 3. The second-order valence-corrected chi connectivity index (χ2v) is 10.6. The van der Waals surface area contributed by atoms with Gasteiger partial charge in [0, 0.05) is 41.2 Å². The predicted octanol–water partition coefficient (Wildman–Crippen LogP) is 3.43. The first-order chi connectivity index (χ1) is 16.0. The highest BCUT2D eigenvalue weighted by molar-refractivity contribution is 7.98. The van der Waals surface area contributed by atoms with Gasteiger partial charge in [-0.05, 0) is 50.5 Å². The summed E-state index contributed by atoms with van der Waals surface area (Å²) < 4.78 is 0. The van der Waals surface area contributed by atoms with E-state index in [0.717, 1.165) is 28.5 Å². The van der Waals surface area contributed by atoms with E-state index in [0.29, 0.717) is 30.8 Å². The third kappa shape index (κ3) is 7.03. The minimum absolute atomic E-state index is 0.0383. The van der Waals surface area contributed by atoms with Crippen molar-refractivity contribution in [3.05, 3.63) is 52.8 Å². The molecule has 0 spiro atoms. The van der Waals surface area contributed by atoms with Crippen molar-refractivity contribution in [1.82, 2.24) is 25.7 Å². The lowest BCUT2D eigenvalue weighted by molar-refractivity contribution is -0.143. The molecule has 0 bridgehead atoms. The normalized spacial score (nSPS) is 16.1. The van der Waals surface area contributed by atoms with Crippen LogP contribution in [-0.2, 0) is 15.3 Å². The van der Waals surface area contributed by atoms with E-state index < -0.39 is 5.41 Å². The monoisotopic (exact) mass is 483 g/mol. The number of carbonyl (C=O) groups is 3. The molecule has 3 amide bonds. The van der Waals surface area contributed by atoms with Gasteiger partial charge in [0.1, 0.15) is 0 Å². The SMILES string of the molecule is Cc1cc(C)nc(SCc2ccc(C(=O)NNC(=O)C3CCCN(C(=O)C(C)(C)C)C3)cc2)n1. The molecule has 1 unspecified atom stereocenters. The molecule has 2 N–H and O–H groups in total. The predicted molar refractivity (Wildman–Crippen MR) is 132 cm³/mol. The average molecular weight is 484 g/mol. The van der Waals surface area contributed by atoms with Crippen molar-refractivity contribution in [3.63, 3.8) is 0 Å². The molecule has 2 aromatic rings. The van der Waals surface area contributed by atoms with E-state index in [2.05, 4.69) is 20.8 Å². The molecule has 182 valence electrons. The Kier molecular flexibility index (Phi) is 8.30. The van der Waals surface area contributed by atoms with Crippen LogP contribution in [0.3, 0.4) is 0 Å². The van der Waals surface area contributed by atoms with Gasteiger partial charge in [-0.15, -0.1) is 0 Å². The molecular weight excluding hydrogens is 450 g/mol. The Morgan fingerprint density at radius 3 is 2.32 bits per heavy atom. The Bertz CT molecular complexity index is 1030. The second kappa shape index (κ2) is 11.0. The van der Waals surface area contributed by atoms with Crippen LogP contribution in [0.15, 0.2) is 35.5 Å². The maximum Gasteiger partial charge on any atom is 0.269 e. The summed E-state index contributed by atoms with van der Waals surface area (Å²) >= 11 is 1.54. The number of carbonyl (C=O) groups excluding carboxylic acids is 3. The molecule has 1 aliphatic heterocycles. The van der Waals surface area contributed by atoms with Crippen LogP contribution in [0.2, 0.25) is 0 Å². The van der Waals surface area contributed by atoms with Crippen LogP contribution >= 0.6 is 11.8 Å². The lowest BCUT2D eigenvalue weighted by Gasteiger charge is -2.35. The third-order valence-electron chi connectivity index (χ3n) is 5.57. The molecule has 8 nitrogen and oxygen atoms in total. The first-order valence-corrected chi connectivity index (χ1v) is 12.4. The maximum atomic E-state index is 12.6. The zero-order chi connectivity index (χ0) is 24.9. The van der Waals surface area contributed by atoms with Crippen molar-refractivity contribution in [2.45, 2.75) is 58.4 Å². The summed E-state index contributed by atoms with van der Waals surface area (Å²) in [6, 6.07) is 9.15. The van der Waals surface area contributed by atoms with Crippen LogP contribution in [0.25, 0.3) is 0 Å². The van der Waals surface area contributed by atoms with Gasteiger partial charge in [0.05, 0.1) is 5.92 Å². The van der Waals surface area contributed by atoms with Gasteiger partial charge in [-0.1, -0.05) is 44.7 Å². The second-order valence-electron chi connectivity index (χ2n) is 9.70. The molecule has 2 heterocycles. The number of hydrogen-bond acceptors (Lipinski definition) is 6. The Morgan fingerprint density at radius 2 is 1.71 bits per heavy atom. The van der Waals surface area contributed by atoms with E-state index in [-0.39, 0.29) is 23.6 Å². The molecule has 1 atom stereocenters. The topological polar surface area (TPSA) is 104 Å². The summed E-state index contributed by atoms with van der Waals surface area (Å²) in [4.78, 5) is 48.2. The summed E-state index contributed by atoms with van der Waals surface area (Å²) in [6.45, 7) is 10.5. The minimum atomic E-state index is -0.483. The number of aromatic nitrogens is 2. The van der Waals surface area contributed by atoms with Crippen molar-refractivity contribution in [1.29, 1.82) is 0 Å². The van der Waals surface area contributed by atoms with E-state index in [1.165, 1.54) is 0 Å². The Morgan fingerprint density at radius 1 is 1.06 bits per heavy atom. The zero-order valence-corrected chi connectivity index (χ0v) is 21.3. The number of hydrogen-bond donors (Lipinski definition) is 2. The fourth-order valence-corrected chi connectivity index (χ4v) is 4.71. The molecular formula is C25H33N5O3S. The minimum Gasteiger partial charge on any atom is -0.341 e. The van der Waals surface area contributed by atoms with Crippen LogP contribution in [0.1, 0.15) is 60.9 Å². The Balaban J connectivity index is 1.48. The maximum absolute atomic E-state index is 12.6. The number of nitrogens with one attached hydrogen (secondary N) is 2. The average Bonchev–Trinajstić information content (AvgIpc) is 2.79. The van der Waals surface area contributed by atoms with Gasteiger partial charge in [-0.25, -0.2) is 9.97 Å². The third-order valence-corrected chi connectivity index (χ3v) is 6.48. The van der Waals surface area contributed by atoms with E-state index >= 15 is 0 Å². The molecule has 3 rings (SSSR count). The van der Waals surface area contributed by atoms with E-state index in [4.69, 9.17) is 0 Å². The molecule has 9 heteroatoms. The fourth-order valence-electron chi connectivity index (χ4n) is 3.80. The molecule has 1 fully saturated rings. The van der Waals surface area contributed by atoms with Crippen molar-refractivity contribution in [2.24, 2.45) is 11.3 Å². The van der Waals surface area contributed by atoms with Gasteiger partial charge in [0.25, 0.3) is 5.91 Å². The molecule has 0 radical (unpaired) electrons. The fraction of sp³-hybridized carbons (Fsp3) is 0.480. The van der Waals surface area contributed by atoms with Gasteiger partial charge >= 0.3 is 0 Å². The zero-order valence-electron chi connectivity index (χ0n) is 20.5.